The van der Waals surface area contributed by atoms with Crippen molar-refractivity contribution >= 4 is 5.97 Å². The van der Waals surface area contributed by atoms with E-state index in [1.807, 2.05) is 0 Å². The lowest BCUT2D eigenvalue weighted by Crippen LogP contribution is -2.32. The quantitative estimate of drug-likeness (QED) is 0.758. The topological polar surface area (TPSA) is 66.8 Å². The number of methoxy groups -OCH3 is 1. The average molecular weight is 208 g/mol. The lowest BCUT2D eigenvalue weighted by Gasteiger charge is -2.18. The van der Waals surface area contributed by atoms with E-state index in [2.05, 4.69) is 0 Å². The number of fused-ring (bicyclic) bond motifs is 1. The fraction of sp³-hybridized carbons (Fsp3) is 0.364. The van der Waals surface area contributed by atoms with Crippen LogP contribution < -0.4 is 4.74 Å². The van der Waals surface area contributed by atoms with Crippen LogP contribution in [0.1, 0.15) is 17.5 Å². The Balaban J connectivity index is 2.53. The summed E-state index contributed by atoms with van der Waals surface area (Å²) in [7, 11) is 1.51. The molecule has 0 aromatic heterocycles. The highest BCUT2D eigenvalue weighted by Crippen LogP contribution is 2.38. The molecule has 1 atom stereocenters. The van der Waals surface area contributed by atoms with E-state index in [-0.39, 0.29) is 6.42 Å². The fourth-order valence-electron chi connectivity index (χ4n) is 1.96. The Labute approximate surface area is 87.1 Å². The summed E-state index contributed by atoms with van der Waals surface area (Å²) in [5.74, 6) is -0.634. The predicted octanol–water partition coefficient (Wildman–Crippen LogP) is 0.914. The van der Waals surface area contributed by atoms with Crippen molar-refractivity contribution in [3.05, 3.63) is 29.3 Å². The number of rotatable bonds is 2. The number of carboxylic acid groups (broad SMARTS) is 1. The molecule has 15 heavy (non-hydrogen) atoms. The number of benzene rings is 1. The van der Waals surface area contributed by atoms with Crippen LogP contribution in [-0.2, 0) is 16.8 Å². The van der Waals surface area contributed by atoms with Crippen LogP contribution in [-0.4, -0.2) is 23.3 Å². The summed E-state index contributed by atoms with van der Waals surface area (Å²) in [4.78, 5) is 11.0. The van der Waals surface area contributed by atoms with Crippen LogP contribution in [0.2, 0.25) is 0 Å². The van der Waals surface area contributed by atoms with Gasteiger partial charge in [0.05, 0.1) is 7.11 Å². The molecule has 0 radical (unpaired) electrons. The first-order valence-electron chi connectivity index (χ1n) is 4.71. The molecule has 2 rings (SSSR count). The van der Waals surface area contributed by atoms with Crippen LogP contribution in [0.25, 0.3) is 0 Å². The molecule has 1 aliphatic rings. The Morgan fingerprint density at radius 3 is 2.87 bits per heavy atom. The summed E-state index contributed by atoms with van der Waals surface area (Å²) in [6.07, 6.45) is 0.812. The number of ether oxygens (including phenoxy) is 1. The second kappa shape index (κ2) is 3.24. The molecule has 1 aromatic carbocycles. The van der Waals surface area contributed by atoms with Crippen molar-refractivity contribution in [2.45, 2.75) is 18.4 Å². The van der Waals surface area contributed by atoms with Gasteiger partial charge in [0, 0.05) is 5.56 Å². The third-order valence-electron chi connectivity index (χ3n) is 2.87. The van der Waals surface area contributed by atoms with Gasteiger partial charge < -0.3 is 14.9 Å². The van der Waals surface area contributed by atoms with E-state index in [1.165, 1.54) is 7.11 Å². The largest absolute Gasteiger partial charge is 0.497 e. The first-order chi connectivity index (χ1) is 7.08. The molecule has 0 saturated heterocycles. The normalized spacial score (nSPS) is 23.6. The molecule has 1 aliphatic carbocycles. The number of carbonyl (C=O) groups is 1. The Morgan fingerprint density at radius 2 is 2.27 bits per heavy atom. The number of aliphatic hydroxyl groups is 1. The summed E-state index contributed by atoms with van der Waals surface area (Å²) in [6, 6.07) is 5.16. The third-order valence-corrected chi connectivity index (χ3v) is 2.87. The zero-order chi connectivity index (χ0) is 11.1. The molecule has 0 heterocycles. The smallest absolute Gasteiger partial charge is 0.340 e. The van der Waals surface area contributed by atoms with Crippen LogP contribution in [0.15, 0.2) is 18.2 Å². The van der Waals surface area contributed by atoms with Crippen LogP contribution in [0.3, 0.4) is 0 Å². The van der Waals surface area contributed by atoms with Crippen molar-refractivity contribution in [3.8, 4) is 5.75 Å². The van der Waals surface area contributed by atoms with Crippen LogP contribution in [0, 0.1) is 0 Å². The van der Waals surface area contributed by atoms with Crippen molar-refractivity contribution in [2.75, 3.05) is 7.11 Å². The van der Waals surface area contributed by atoms with E-state index in [0.717, 1.165) is 5.56 Å². The molecule has 4 heteroatoms. The summed E-state index contributed by atoms with van der Waals surface area (Å²) >= 11 is 0. The Bertz CT molecular complexity index is 413. The van der Waals surface area contributed by atoms with Gasteiger partial charge in [-0.2, -0.15) is 0 Å². The van der Waals surface area contributed by atoms with Gasteiger partial charge in [-0.05, 0) is 30.5 Å². The van der Waals surface area contributed by atoms with E-state index < -0.39 is 11.6 Å². The Kier molecular flexibility index (Phi) is 2.16. The standard InChI is InChI=1S/C11H12O4/c1-15-8-3-2-7-4-5-11(14,10(12)13)9(7)6-8/h2-3,6,14H,4-5H2,1H3,(H,12,13)/t11-/m1/s1. The van der Waals surface area contributed by atoms with E-state index in [4.69, 9.17) is 9.84 Å². The van der Waals surface area contributed by atoms with E-state index in [1.54, 1.807) is 18.2 Å². The van der Waals surface area contributed by atoms with E-state index in [0.29, 0.717) is 17.7 Å². The fourth-order valence-corrected chi connectivity index (χ4v) is 1.96. The molecule has 80 valence electrons. The van der Waals surface area contributed by atoms with Gasteiger partial charge in [0.2, 0.25) is 0 Å². The molecule has 0 bridgehead atoms. The Morgan fingerprint density at radius 1 is 1.53 bits per heavy atom. The number of aryl methyl sites for hydroxylation is 1. The van der Waals surface area contributed by atoms with Gasteiger partial charge in [0.25, 0.3) is 0 Å². The molecule has 0 aliphatic heterocycles. The highest BCUT2D eigenvalue weighted by molar-refractivity contribution is 5.81. The first-order valence-corrected chi connectivity index (χ1v) is 4.71. The van der Waals surface area contributed by atoms with Crippen LogP contribution in [0.4, 0.5) is 0 Å². The minimum Gasteiger partial charge on any atom is -0.497 e. The monoisotopic (exact) mass is 208 g/mol. The predicted molar refractivity (Wildman–Crippen MR) is 52.8 cm³/mol. The SMILES string of the molecule is COc1ccc2c(c1)[C@@](O)(C(=O)O)CC2. The molecule has 1 aromatic rings. The van der Waals surface area contributed by atoms with E-state index >= 15 is 0 Å². The first kappa shape index (κ1) is 9.98. The van der Waals surface area contributed by atoms with Gasteiger partial charge in [-0.25, -0.2) is 4.79 Å². The third kappa shape index (κ3) is 1.37. The maximum absolute atomic E-state index is 11.0. The highest BCUT2D eigenvalue weighted by atomic mass is 16.5. The molecular weight excluding hydrogens is 196 g/mol. The zero-order valence-corrected chi connectivity index (χ0v) is 8.36. The lowest BCUT2D eigenvalue weighted by molar-refractivity contribution is -0.159. The van der Waals surface area contributed by atoms with Crippen LogP contribution in [0.5, 0.6) is 5.75 Å². The minimum atomic E-state index is -1.75. The van der Waals surface area contributed by atoms with Crippen LogP contribution >= 0.6 is 0 Å². The molecule has 0 unspecified atom stereocenters. The van der Waals surface area contributed by atoms with Crippen molar-refractivity contribution in [3.63, 3.8) is 0 Å². The van der Waals surface area contributed by atoms with Crippen molar-refractivity contribution in [1.82, 2.24) is 0 Å². The molecule has 2 N–H and O–H groups in total. The highest BCUT2D eigenvalue weighted by Gasteiger charge is 2.43. The summed E-state index contributed by atoms with van der Waals surface area (Å²) in [6.45, 7) is 0. The van der Waals surface area contributed by atoms with E-state index in [9.17, 15) is 9.90 Å². The molecule has 0 spiro atoms. The second-order valence-electron chi connectivity index (χ2n) is 3.69. The lowest BCUT2D eigenvalue weighted by atomic mass is 9.96. The molecular formula is C11H12O4. The molecule has 4 nitrogen and oxygen atoms in total. The van der Waals surface area contributed by atoms with Crippen molar-refractivity contribution < 1.29 is 19.7 Å². The zero-order valence-electron chi connectivity index (χ0n) is 8.36. The summed E-state index contributed by atoms with van der Waals surface area (Å²) in [5.41, 5.74) is -0.417. The van der Waals surface area contributed by atoms with Gasteiger partial charge in [-0.1, -0.05) is 6.07 Å². The van der Waals surface area contributed by atoms with Crippen molar-refractivity contribution in [1.29, 1.82) is 0 Å². The summed E-state index contributed by atoms with van der Waals surface area (Å²) in [5, 5.41) is 19.0. The maximum atomic E-state index is 11.0. The number of hydrogen-bond acceptors (Lipinski definition) is 3. The van der Waals surface area contributed by atoms with Gasteiger partial charge >= 0.3 is 5.97 Å². The molecule has 0 amide bonds. The Hall–Kier alpha value is -1.55. The number of hydrogen-bond donors (Lipinski definition) is 2. The second-order valence-corrected chi connectivity index (χ2v) is 3.69. The van der Waals surface area contributed by atoms with Gasteiger partial charge in [-0.3, -0.25) is 0 Å². The molecule has 0 fully saturated rings. The van der Waals surface area contributed by atoms with Gasteiger partial charge in [-0.15, -0.1) is 0 Å². The van der Waals surface area contributed by atoms with Crippen molar-refractivity contribution in [2.24, 2.45) is 0 Å². The average Bonchev–Trinajstić information content (AvgIpc) is 2.57. The summed E-state index contributed by atoms with van der Waals surface area (Å²) < 4.78 is 5.01. The minimum absolute atomic E-state index is 0.227. The molecule has 0 saturated carbocycles. The number of aliphatic carboxylic acids is 1. The maximum Gasteiger partial charge on any atom is 0.340 e. The van der Waals surface area contributed by atoms with Gasteiger partial charge in [0.15, 0.2) is 5.60 Å². The van der Waals surface area contributed by atoms with Gasteiger partial charge in [0.1, 0.15) is 5.75 Å². The number of carboxylic acids is 1.